The maximum Gasteiger partial charge on any atom is 0.244 e. The van der Waals surface area contributed by atoms with E-state index in [0.29, 0.717) is 18.9 Å². The summed E-state index contributed by atoms with van der Waals surface area (Å²) in [5.41, 5.74) is 0. The Kier molecular flexibility index (Phi) is 6.00. The highest BCUT2D eigenvalue weighted by Crippen LogP contribution is 2.37. The molecule has 0 unspecified atom stereocenters. The highest BCUT2D eigenvalue weighted by molar-refractivity contribution is 7.89. The van der Waals surface area contributed by atoms with Crippen LogP contribution in [0.3, 0.4) is 0 Å². The van der Waals surface area contributed by atoms with Gasteiger partial charge in [0.15, 0.2) is 0 Å². The van der Waals surface area contributed by atoms with Crippen molar-refractivity contribution in [3.63, 3.8) is 0 Å². The highest BCUT2D eigenvalue weighted by atomic mass is 35.5. The van der Waals surface area contributed by atoms with Gasteiger partial charge in [-0.1, -0.05) is 43.0 Å². The van der Waals surface area contributed by atoms with E-state index in [2.05, 4.69) is 0 Å². The number of benzene rings is 1. The lowest BCUT2D eigenvalue weighted by Gasteiger charge is -2.43. The molecule has 0 radical (unpaired) electrons. The van der Waals surface area contributed by atoms with Gasteiger partial charge < -0.3 is 4.90 Å². The zero-order valence-corrected chi connectivity index (χ0v) is 17.8. The van der Waals surface area contributed by atoms with Gasteiger partial charge in [-0.3, -0.25) is 4.79 Å². The minimum atomic E-state index is -3.68. The first-order chi connectivity index (χ1) is 13.5. The third-order valence-electron chi connectivity index (χ3n) is 6.79. The molecule has 3 aliphatic rings. The average molecular weight is 425 g/mol. The van der Waals surface area contributed by atoms with E-state index in [4.69, 9.17) is 11.6 Å². The summed E-state index contributed by atoms with van der Waals surface area (Å²) >= 11 is 6.13. The first-order valence-corrected chi connectivity index (χ1v) is 12.3. The van der Waals surface area contributed by atoms with Crippen molar-refractivity contribution in [1.29, 1.82) is 0 Å². The molecule has 2 aliphatic heterocycles. The number of likely N-dealkylation sites (tertiary alicyclic amines) is 1. The summed E-state index contributed by atoms with van der Waals surface area (Å²) in [6, 6.07) is 6.53. The van der Waals surface area contributed by atoms with Gasteiger partial charge in [0, 0.05) is 26.2 Å². The van der Waals surface area contributed by atoms with E-state index in [1.54, 1.807) is 18.2 Å². The number of piperidine rings is 2. The van der Waals surface area contributed by atoms with Crippen molar-refractivity contribution >= 4 is 27.5 Å². The molecule has 1 amide bonds. The maximum absolute atomic E-state index is 13.2. The molecule has 0 bridgehead atoms. The van der Waals surface area contributed by atoms with Crippen LogP contribution in [0.4, 0.5) is 0 Å². The predicted octanol–water partition coefficient (Wildman–Crippen LogP) is 3.78. The fourth-order valence-corrected chi connectivity index (χ4v) is 7.23. The zero-order valence-electron chi connectivity index (χ0n) is 16.2. The van der Waals surface area contributed by atoms with Crippen LogP contribution < -0.4 is 0 Å². The van der Waals surface area contributed by atoms with Gasteiger partial charge in [0.05, 0.1) is 10.9 Å². The summed E-state index contributed by atoms with van der Waals surface area (Å²) in [5, 5.41) is 0.232. The Labute approximate surface area is 173 Å². The van der Waals surface area contributed by atoms with Crippen molar-refractivity contribution in [2.45, 2.75) is 49.8 Å². The standard InChI is InChI=1S/C21H29ClN2O3S/c22-19-9-3-4-10-20(19)28(26,27)24-12-5-8-18(15-24)21(25)23-13-11-16-6-1-2-7-17(16)14-23/h3-4,9-10,16-18H,1-2,5-8,11-15H2/t16-,17-,18-/m0/s1. The molecule has 2 heterocycles. The molecule has 1 aliphatic carbocycles. The maximum atomic E-state index is 13.2. The predicted molar refractivity (Wildman–Crippen MR) is 110 cm³/mol. The Morgan fingerprint density at radius 2 is 1.68 bits per heavy atom. The number of halogens is 1. The fraction of sp³-hybridized carbons (Fsp3) is 0.667. The number of rotatable bonds is 3. The Bertz CT molecular complexity index is 829. The molecule has 3 fully saturated rings. The van der Waals surface area contributed by atoms with E-state index in [0.717, 1.165) is 31.8 Å². The van der Waals surface area contributed by atoms with Gasteiger partial charge in [0.25, 0.3) is 0 Å². The second-order valence-electron chi connectivity index (χ2n) is 8.51. The molecule has 7 heteroatoms. The number of hydrogen-bond donors (Lipinski definition) is 0. The van der Waals surface area contributed by atoms with Crippen LogP contribution in [-0.4, -0.2) is 49.7 Å². The van der Waals surface area contributed by atoms with Crippen molar-refractivity contribution in [2.75, 3.05) is 26.2 Å². The number of fused-ring (bicyclic) bond motifs is 1. The summed E-state index contributed by atoms with van der Waals surface area (Å²) in [6.45, 7) is 2.39. The zero-order chi connectivity index (χ0) is 19.7. The minimum Gasteiger partial charge on any atom is -0.342 e. The third kappa shape index (κ3) is 3.96. The van der Waals surface area contributed by atoms with Crippen LogP contribution in [0, 0.1) is 17.8 Å². The van der Waals surface area contributed by atoms with E-state index >= 15 is 0 Å². The van der Waals surface area contributed by atoms with E-state index in [1.807, 2.05) is 4.90 Å². The molecule has 2 saturated heterocycles. The number of carbonyl (C=O) groups is 1. The van der Waals surface area contributed by atoms with Crippen LogP contribution in [0.5, 0.6) is 0 Å². The van der Waals surface area contributed by atoms with E-state index in [-0.39, 0.29) is 28.3 Å². The van der Waals surface area contributed by atoms with Crippen LogP contribution in [-0.2, 0) is 14.8 Å². The van der Waals surface area contributed by atoms with Crippen LogP contribution >= 0.6 is 11.6 Å². The smallest absolute Gasteiger partial charge is 0.244 e. The highest BCUT2D eigenvalue weighted by Gasteiger charge is 2.38. The summed E-state index contributed by atoms with van der Waals surface area (Å²) in [7, 11) is -3.68. The van der Waals surface area contributed by atoms with Crippen LogP contribution in [0.15, 0.2) is 29.2 Å². The fourth-order valence-electron chi connectivity index (χ4n) is 5.21. The SMILES string of the molecule is O=C([C@H]1CCCN(S(=O)(=O)c2ccccc2Cl)C1)N1CC[C@@H]2CCCC[C@H]2C1. The Morgan fingerprint density at radius 1 is 0.929 bits per heavy atom. The van der Waals surface area contributed by atoms with Gasteiger partial charge in [-0.05, 0) is 49.7 Å². The minimum absolute atomic E-state index is 0.132. The Hall–Kier alpha value is -1.11. The monoisotopic (exact) mass is 424 g/mol. The molecule has 1 aromatic rings. The normalized spacial score (nSPS) is 29.3. The number of sulfonamides is 1. The van der Waals surface area contributed by atoms with Crippen molar-refractivity contribution < 1.29 is 13.2 Å². The first kappa shape index (κ1) is 20.2. The number of carbonyl (C=O) groups excluding carboxylic acids is 1. The van der Waals surface area contributed by atoms with Crippen molar-refractivity contribution in [3.8, 4) is 0 Å². The summed E-state index contributed by atoms with van der Waals surface area (Å²) in [4.78, 5) is 15.3. The van der Waals surface area contributed by atoms with E-state index in [9.17, 15) is 13.2 Å². The van der Waals surface area contributed by atoms with Gasteiger partial charge in [-0.2, -0.15) is 4.31 Å². The largest absolute Gasteiger partial charge is 0.342 e. The Morgan fingerprint density at radius 3 is 2.46 bits per heavy atom. The molecule has 3 atom stereocenters. The molecule has 0 N–H and O–H groups in total. The molecule has 5 nitrogen and oxygen atoms in total. The second kappa shape index (κ2) is 8.33. The summed E-state index contributed by atoms with van der Waals surface area (Å²) < 4.78 is 27.6. The van der Waals surface area contributed by atoms with Crippen molar-refractivity contribution in [1.82, 2.24) is 9.21 Å². The lowest BCUT2D eigenvalue weighted by atomic mass is 9.75. The molecule has 154 valence electrons. The van der Waals surface area contributed by atoms with Crippen LogP contribution in [0.2, 0.25) is 5.02 Å². The summed E-state index contributed by atoms with van der Waals surface area (Å²) in [5.74, 6) is 1.31. The second-order valence-corrected chi connectivity index (χ2v) is 10.8. The molecular formula is C21H29ClN2O3S. The number of hydrogen-bond acceptors (Lipinski definition) is 3. The van der Waals surface area contributed by atoms with E-state index in [1.165, 1.54) is 36.1 Å². The van der Waals surface area contributed by atoms with Gasteiger partial charge in [0.2, 0.25) is 15.9 Å². The van der Waals surface area contributed by atoms with Crippen LogP contribution in [0.1, 0.15) is 44.9 Å². The topological polar surface area (TPSA) is 57.7 Å². The van der Waals surface area contributed by atoms with E-state index < -0.39 is 10.0 Å². The average Bonchev–Trinajstić information content (AvgIpc) is 2.73. The summed E-state index contributed by atoms with van der Waals surface area (Å²) in [6.07, 6.45) is 7.71. The van der Waals surface area contributed by atoms with Gasteiger partial charge >= 0.3 is 0 Å². The number of nitrogens with zero attached hydrogens (tertiary/aromatic N) is 2. The Balaban J connectivity index is 1.45. The van der Waals surface area contributed by atoms with Gasteiger partial charge in [0.1, 0.15) is 4.90 Å². The van der Waals surface area contributed by atoms with Gasteiger partial charge in [-0.25, -0.2) is 8.42 Å². The molecule has 28 heavy (non-hydrogen) atoms. The van der Waals surface area contributed by atoms with Crippen molar-refractivity contribution in [2.24, 2.45) is 17.8 Å². The quantitative estimate of drug-likeness (QED) is 0.741. The van der Waals surface area contributed by atoms with Gasteiger partial charge in [-0.15, -0.1) is 0 Å². The first-order valence-electron chi connectivity index (χ1n) is 10.5. The van der Waals surface area contributed by atoms with Crippen LogP contribution in [0.25, 0.3) is 0 Å². The molecule has 1 saturated carbocycles. The molecule has 4 rings (SSSR count). The number of amides is 1. The molecular weight excluding hydrogens is 396 g/mol. The lowest BCUT2D eigenvalue weighted by Crippen LogP contribution is -2.50. The third-order valence-corrected chi connectivity index (χ3v) is 9.16. The molecule has 0 aromatic heterocycles. The molecule has 0 spiro atoms. The lowest BCUT2D eigenvalue weighted by molar-refractivity contribution is -0.139. The molecule has 1 aromatic carbocycles. The van der Waals surface area contributed by atoms with Crippen molar-refractivity contribution in [3.05, 3.63) is 29.3 Å².